The number of carbonyl (C=O) groups is 1. The minimum atomic E-state index is 0.112. The van der Waals surface area contributed by atoms with Gasteiger partial charge in [-0.1, -0.05) is 0 Å². The molecule has 2 heterocycles. The van der Waals surface area contributed by atoms with Gasteiger partial charge in [0.05, 0.1) is 12.5 Å². The average molecular weight is 239 g/mol. The number of hydrogen-bond donors (Lipinski definition) is 2. The third-order valence-corrected chi connectivity index (χ3v) is 3.91. The van der Waals surface area contributed by atoms with Gasteiger partial charge in [-0.05, 0) is 26.8 Å². The van der Waals surface area contributed by atoms with Crippen LogP contribution >= 0.6 is 11.3 Å². The quantitative estimate of drug-likeness (QED) is 0.829. The van der Waals surface area contributed by atoms with E-state index in [2.05, 4.69) is 22.5 Å². The Labute approximate surface area is 99.5 Å². The fourth-order valence-corrected chi connectivity index (χ4v) is 2.71. The van der Waals surface area contributed by atoms with Crippen molar-refractivity contribution in [2.24, 2.45) is 5.92 Å². The first kappa shape index (κ1) is 11.5. The Kier molecular flexibility index (Phi) is 3.56. The predicted molar refractivity (Wildman–Crippen MR) is 64.3 cm³/mol. The number of rotatable bonds is 3. The molecule has 0 spiro atoms. The molecule has 2 unspecified atom stereocenters. The van der Waals surface area contributed by atoms with E-state index in [9.17, 15) is 4.79 Å². The largest absolute Gasteiger partial charge is 0.349 e. The Morgan fingerprint density at radius 1 is 1.75 bits per heavy atom. The van der Waals surface area contributed by atoms with Gasteiger partial charge in [0.2, 0.25) is 5.91 Å². The summed E-state index contributed by atoms with van der Waals surface area (Å²) in [6.45, 7) is 5.52. The molecular formula is C11H17N3OS. The molecule has 1 aliphatic rings. The lowest BCUT2D eigenvalue weighted by molar-refractivity contribution is -0.125. The van der Waals surface area contributed by atoms with Crippen LogP contribution in [0.25, 0.3) is 0 Å². The molecule has 2 N–H and O–H groups in total. The van der Waals surface area contributed by atoms with E-state index in [1.165, 1.54) is 0 Å². The van der Waals surface area contributed by atoms with Crippen molar-refractivity contribution in [2.75, 3.05) is 6.54 Å². The van der Waals surface area contributed by atoms with Crippen molar-refractivity contribution in [3.63, 3.8) is 0 Å². The topological polar surface area (TPSA) is 54.0 Å². The monoisotopic (exact) mass is 239 g/mol. The van der Waals surface area contributed by atoms with Gasteiger partial charge >= 0.3 is 0 Å². The van der Waals surface area contributed by atoms with E-state index >= 15 is 0 Å². The van der Waals surface area contributed by atoms with Gasteiger partial charge in [0.25, 0.3) is 0 Å². The van der Waals surface area contributed by atoms with Crippen LogP contribution < -0.4 is 10.6 Å². The third-order valence-electron chi connectivity index (χ3n) is 2.94. The Balaban J connectivity index is 1.83. The van der Waals surface area contributed by atoms with Gasteiger partial charge < -0.3 is 10.6 Å². The molecule has 16 heavy (non-hydrogen) atoms. The molecule has 2 rings (SSSR count). The van der Waals surface area contributed by atoms with Crippen molar-refractivity contribution < 1.29 is 4.79 Å². The highest BCUT2D eigenvalue weighted by Gasteiger charge is 2.29. The second-order valence-corrected chi connectivity index (χ2v) is 5.18. The number of carbonyl (C=O) groups excluding carboxylic acids is 1. The molecule has 0 aromatic carbocycles. The standard InChI is InChI=1S/C11H17N3OS/c1-7-6-16-10(14-7)5-13-11(15)9-3-4-12-8(9)2/h6,8-9,12H,3-5H2,1-2H3,(H,13,15). The van der Waals surface area contributed by atoms with E-state index in [1.807, 2.05) is 12.3 Å². The van der Waals surface area contributed by atoms with E-state index in [-0.39, 0.29) is 17.9 Å². The van der Waals surface area contributed by atoms with Crippen molar-refractivity contribution in [2.45, 2.75) is 32.9 Å². The highest BCUT2D eigenvalue weighted by Crippen LogP contribution is 2.15. The van der Waals surface area contributed by atoms with Gasteiger partial charge in [0, 0.05) is 17.1 Å². The van der Waals surface area contributed by atoms with Crippen LogP contribution in [0.15, 0.2) is 5.38 Å². The number of hydrogen-bond acceptors (Lipinski definition) is 4. The molecule has 1 fully saturated rings. The molecule has 1 amide bonds. The maximum atomic E-state index is 11.9. The first-order chi connectivity index (χ1) is 7.66. The van der Waals surface area contributed by atoms with Crippen molar-refractivity contribution in [3.05, 3.63) is 16.1 Å². The van der Waals surface area contributed by atoms with Gasteiger partial charge in [-0.2, -0.15) is 0 Å². The van der Waals surface area contributed by atoms with Crippen LogP contribution in [-0.2, 0) is 11.3 Å². The number of nitrogens with one attached hydrogen (secondary N) is 2. The van der Waals surface area contributed by atoms with Crippen LogP contribution in [0.5, 0.6) is 0 Å². The number of thiazole rings is 1. The number of nitrogens with zero attached hydrogens (tertiary/aromatic N) is 1. The molecular weight excluding hydrogens is 222 g/mol. The maximum absolute atomic E-state index is 11.9. The fraction of sp³-hybridized carbons (Fsp3) is 0.636. The third kappa shape index (κ3) is 2.59. The van der Waals surface area contributed by atoms with Gasteiger partial charge in [-0.3, -0.25) is 4.79 Å². The fourth-order valence-electron chi connectivity index (χ4n) is 1.99. The van der Waals surface area contributed by atoms with Gasteiger partial charge in [-0.25, -0.2) is 4.98 Å². The Morgan fingerprint density at radius 2 is 2.56 bits per heavy atom. The number of amides is 1. The summed E-state index contributed by atoms with van der Waals surface area (Å²) in [7, 11) is 0. The summed E-state index contributed by atoms with van der Waals surface area (Å²) < 4.78 is 0. The van der Waals surface area contributed by atoms with Crippen LogP contribution in [0.2, 0.25) is 0 Å². The predicted octanol–water partition coefficient (Wildman–Crippen LogP) is 1.07. The van der Waals surface area contributed by atoms with Crippen LogP contribution in [0.3, 0.4) is 0 Å². The van der Waals surface area contributed by atoms with Gasteiger partial charge in [-0.15, -0.1) is 11.3 Å². The molecule has 88 valence electrons. The summed E-state index contributed by atoms with van der Waals surface area (Å²) >= 11 is 1.59. The van der Waals surface area contributed by atoms with E-state index < -0.39 is 0 Å². The van der Waals surface area contributed by atoms with Crippen molar-refractivity contribution in [1.82, 2.24) is 15.6 Å². The molecule has 1 aromatic heterocycles. The lowest BCUT2D eigenvalue weighted by Gasteiger charge is -2.14. The molecule has 4 nitrogen and oxygen atoms in total. The second kappa shape index (κ2) is 4.93. The normalized spacial score (nSPS) is 24.6. The summed E-state index contributed by atoms with van der Waals surface area (Å²) in [5.74, 6) is 0.256. The first-order valence-corrected chi connectivity index (χ1v) is 6.47. The van der Waals surface area contributed by atoms with Crippen LogP contribution in [0.1, 0.15) is 24.0 Å². The summed E-state index contributed by atoms with van der Waals surface area (Å²) in [6, 6.07) is 0.290. The molecule has 1 aromatic rings. The minimum Gasteiger partial charge on any atom is -0.349 e. The molecule has 5 heteroatoms. The number of aromatic nitrogens is 1. The Bertz CT molecular complexity index is 377. The molecule has 1 saturated heterocycles. The smallest absolute Gasteiger partial charge is 0.225 e. The lowest BCUT2D eigenvalue weighted by atomic mass is 10.0. The molecule has 0 aliphatic carbocycles. The zero-order valence-corrected chi connectivity index (χ0v) is 10.4. The zero-order chi connectivity index (χ0) is 11.5. The van der Waals surface area contributed by atoms with Gasteiger partial charge in [0.15, 0.2) is 0 Å². The van der Waals surface area contributed by atoms with E-state index in [4.69, 9.17) is 0 Å². The molecule has 1 aliphatic heterocycles. The zero-order valence-electron chi connectivity index (χ0n) is 9.62. The minimum absolute atomic E-state index is 0.112. The Morgan fingerprint density at radius 3 is 3.12 bits per heavy atom. The molecule has 0 radical (unpaired) electrons. The molecule has 0 saturated carbocycles. The van der Waals surface area contributed by atoms with E-state index in [1.54, 1.807) is 11.3 Å². The first-order valence-electron chi connectivity index (χ1n) is 5.59. The molecule has 0 bridgehead atoms. The highest BCUT2D eigenvalue weighted by molar-refractivity contribution is 7.09. The maximum Gasteiger partial charge on any atom is 0.225 e. The summed E-state index contributed by atoms with van der Waals surface area (Å²) in [4.78, 5) is 16.2. The van der Waals surface area contributed by atoms with Crippen LogP contribution in [0.4, 0.5) is 0 Å². The Hall–Kier alpha value is -0.940. The van der Waals surface area contributed by atoms with Crippen LogP contribution in [-0.4, -0.2) is 23.5 Å². The highest BCUT2D eigenvalue weighted by atomic mass is 32.1. The molecule has 2 atom stereocenters. The van der Waals surface area contributed by atoms with Crippen molar-refractivity contribution in [3.8, 4) is 0 Å². The average Bonchev–Trinajstić information content (AvgIpc) is 2.84. The summed E-state index contributed by atoms with van der Waals surface area (Å²) in [5, 5.41) is 9.21. The van der Waals surface area contributed by atoms with Crippen LogP contribution in [0, 0.1) is 12.8 Å². The van der Waals surface area contributed by atoms with E-state index in [0.29, 0.717) is 6.54 Å². The number of aryl methyl sites for hydroxylation is 1. The second-order valence-electron chi connectivity index (χ2n) is 4.24. The summed E-state index contributed by atoms with van der Waals surface area (Å²) in [6.07, 6.45) is 0.934. The SMILES string of the molecule is Cc1csc(CNC(=O)C2CCNC2C)n1. The summed E-state index contributed by atoms with van der Waals surface area (Å²) in [5.41, 5.74) is 1.02. The van der Waals surface area contributed by atoms with Crippen molar-refractivity contribution >= 4 is 17.2 Å². The van der Waals surface area contributed by atoms with Gasteiger partial charge in [0.1, 0.15) is 5.01 Å². The van der Waals surface area contributed by atoms with Crippen molar-refractivity contribution in [1.29, 1.82) is 0 Å². The van der Waals surface area contributed by atoms with E-state index in [0.717, 1.165) is 23.7 Å². The lowest BCUT2D eigenvalue weighted by Crippen LogP contribution is -2.36.